The fraction of sp³-hybridized carbons (Fsp3) is 0.300. The molecule has 0 spiro atoms. The second-order valence-corrected chi connectivity index (χ2v) is 6.23. The number of rotatable bonds is 3. The number of ether oxygens (including phenoxy) is 1. The van der Waals surface area contributed by atoms with Crippen LogP contribution in [0.3, 0.4) is 0 Å². The molecule has 25 heavy (non-hydrogen) atoms. The Morgan fingerprint density at radius 3 is 2.80 bits per heavy atom. The minimum atomic E-state index is -0.373. The van der Waals surface area contributed by atoms with E-state index in [2.05, 4.69) is 6.07 Å². The van der Waals surface area contributed by atoms with Gasteiger partial charge in [-0.25, -0.2) is 4.79 Å². The third kappa shape index (κ3) is 3.65. The van der Waals surface area contributed by atoms with Crippen molar-refractivity contribution in [3.63, 3.8) is 0 Å². The Hall–Kier alpha value is -2.84. The monoisotopic (exact) mass is 335 g/mol. The van der Waals surface area contributed by atoms with E-state index in [1.54, 1.807) is 13.1 Å². The van der Waals surface area contributed by atoms with Crippen LogP contribution < -0.4 is 4.90 Å². The Morgan fingerprint density at radius 1 is 1.28 bits per heavy atom. The van der Waals surface area contributed by atoms with Gasteiger partial charge in [0.1, 0.15) is 0 Å². The second-order valence-electron chi connectivity index (χ2n) is 6.23. The van der Waals surface area contributed by atoms with Gasteiger partial charge in [0.2, 0.25) is 0 Å². The minimum absolute atomic E-state index is 0.163. The van der Waals surface area contributed by atoms with Gasteiger partial charge >= 0.3 is 6.09 Å². The summed E-state index contributed by atoms with van der Waals surface area (Å²) in [5.41, 5.74) is 3.12. The molecule has 1 aliphatic rings. The summed E-state index contributed by atoms with van der Waals surface area (Å²) in [7, 11) is 3.68. The molecule has 2 aromatic carbocycles. The number of nitriles is 1. The van der Waals surface area contributed by atoms with Crippen molar-refractivity contribution in [1.82, 2.24) is 4.90 Å². The largest absolute Gasteiger partial charge is 0.430 e. The van der Waals surface area contributed by atoms with E-state index in [-0.39, 0.29) is 12.3 Å². The first-order valence-electron chi connectivity index (χ1n) is 8.34. The fourth-order valence-corrected chi connectivity index (χ4v) is 3.09. The summed E-state index contributed by atoms with van der Waals surface area (Å²) in [6.07, 6.45) is 1.36. The second kappa shape index (κ2) is 7.37. The number of anilines is 1. The average Bonchev–Trinajstić information content (AvgIpc) is 3.05. The van der Waals surface area contributed by atoms with Crippen LogP contribution in [-0.4, -0.2) is 37.9 Å². The minimum Gasteiger partial charge on any atom is -0.430 e. The lowest BCUT2D eigenvalue weighted by Crippen LogP contribution is -2.36. The normalized spacial score (nSPS) is 17.1. The highest BCUT2D eigenvalue weighted by Crippen LogP contribution is 2.31. The lowest BCUT2D eigenvalue weighted by molar-refractivity contribution is 0.0315. The van der Waals surface area contributed by atoms with Crippen molar-refractivity contribution in [2.24, 2.45) is 0 Å². The Labute approximate surface area is 148 Å². The first kappa shape index (κ1) is 17.0. The van der Waals surface area contributed by atoms with Crippen molar-refractivity contribution < 1.29 is 9.53 Å². The van der Waals surface area contributed by atoms with Crippen molar-refractivity contribution in [3.05, 3.63) is 54.1 Å². The van der Waals surface area contributed by atoms with Crippen molar-refractivity contribution in [2.45, 2.75) is 19.1 Å². The van der Waals surface area contributed by atoms with E-state index in [9.17, 15) is 4.79 Å². The lowest BCUT2D eigenvalue weighted by Gasteiger charge is -2.25. The highest BCUT2D eigenvalue weighted by molar-refractivity contribution is 5.93. The van der Waals surface area contributed by atoms with E-state index in [1.165, 1.54) is 4.90 Å². The highest BCUT2D eigenvalue weighted by atomic mass is 16.6. The number of para-hydroxylation sites is 1. The molecule has 1 heterocycles. The molecule has 3 rings (SSSR count). The summed E-state index contributed by atoms with van der Waals surface area (Å²) in [6.45, 7) is 0.944. The van der Waals surface area contributed by atoms with E-state index in [1.807, 2.05) is 54.4 Å². The topological polar surface area (TPSA) is 56.6 Å². The van der Waals surface area contributed by atoms with E-state index in [4.69, 9.17) is 10.00 Å². The number of carbonyl (C=O) groups excluding carboxylic acids is 1. The van der Waals surface area contributed by atoms with Gasteiger partial charge in [0, 0.05) is 19.2 Å². The van der Waals surface area contributed by atoms with Crippen molar-refractivity contribution >= 4 is 11.8 Å². The Balaban J connectivity index is 1.87. The summed E-state index contributed by atoms with van der Waals surface area (Å²) in [4.78, 5) is 16.2. The third-order valence-corrected chi connectivity index (χ3v) is 4.53. The molecule has 0 N–H and O–H groups in total. The molecule has 128 valence electrons. The summed E-state index contributed by atoms with van der Waals surface area (Å²) in [6, 6.07) is 17.1. The number of amides is 1. The molecule has 0 aliphatic carbocycles. The van der Waals surface area contributed by atoms with Crippen LogP contribution in [0.1, 0.15) is 18.4 Å². The third-order valence-electron chi connectivity index (χ3n) is 4.53. The Kier molecular flexibility index (Phi) is 5.01. The molecule has 0 bridgehead atoms. The lowest BCUT2D eigenvalue weighted by atomic mass is 10.0. The number of hydrogen-bond donors (Lipinski definition) is 0. The van der Waals surface area contributed by atoms with Crippen LogP contribution in [0.25, 0.3) is 11.1 Å². The first-order valence-corrected chi connectivity index (χ1v) is 8.34. The average molecular weight is 335 g/mol. The summed E-state index contributed by atoms with van der Waals surface area (Å²) < 4.78 is 5.64. The number of hydrogen-bond acceptors (Lipinski definition) is 4. The summed E-state index contributed by atoms with van der Waals surface area (Å²) in [5, 5.41) is 9.12. The van der Waals surface area contributed by atoms with Gasteiger partial charge in [0.05, 0.1) is 17.3 Å². The van der Waals surface area contributed by atoms with Crippen LogP contribution in [0.2, 0.25) is 0 Å². The van der Waals surface area contributed by atoms with Gasteiger partial charge in [0.15, 0.2) is 6.23 Å². The molecule has 1 amide bonds. The predicted molar refractivity (Wildman–Crippen MR) is 97.1 cm³/mol. The molecule has 1 atom stereocenters. The van der Waals surface area contributed by atoms with Gasteiger partial charge in [0.25, 0.3) is 0 Å². The number of carbonyl (C=O) groups is 1. The van der Waals surface area contributed by atoms with Crippen LogP contribution in [-0.2, 0) is 4.74 Å². The van der Waals surface area contributed by atoms with Crippen LogP contribution in [0.4, 0.5) is 10.5 Å². The molecular formula is C20H21N3O2. The maximum absolute atomic E-state index is 12.6. The van der Waals surface area contributed by atoms with E-state index >= 15 is 0 Å². The van der Waals surface area contributed by atoms with Crippen molar-refractivity contribution in [2.75, 3.05) is 25.5 Å². The van der Waals surface area contributed by atoms with E-state index in [0.717, 1.165) is 36.2 Å². The van der Waals surface area contributed by atoms with Crippen molar-refractivity contribution in [3.8, 4) is 17.2 Å². The molecule has 0 saturated carbocycles. The van der Waals surface area contributed by atoms with Gasteiger partial charge in [-0.15, -0.1) is 0 Å². The maximum Gasteiger partial charge on any atom is 0.415 e. The van der Waals surface area contributed by atoms with Crippen LogP contribution >= 0.6 is 0 Å². The van der Waals surface area contributed by atoms with E-state index in [0.29, 0.717) is 5.56 Å². The van der Waals surface area contributed by atoms with Gasteiger partial charge in [-0.3, -0.25) is 9.80 Å². The van der Waals surface area contributed by atoms with Crippen LogP contribution in [0, 0.1) is 11.3 Å². The fourth-order valence-electron chi connectivity index (χ4n) is 3.09. The van der Waals surface area contributed by atoms with Crippen LogP contribution in [0.5, 0.6) is 0 Å². The molecule has 2 aromatic rings. The van der Waals surface area contributed by atoms with Gasteiger partial charge in [-0.05, 0) is 43.7 Å². The SMILES string of the molecule is CN(C(=O)O[C@H]1CCCN1C)c1ccccc1-c1cccc(C#N)c1. The molecule has 5 nitrogen and oxygen atoms in total. The van der Waals surface area contributed by atoms with Gasteiger partial charge < -0.3 is 4.74 Å². The number of benzene rings is 2. The molecular weight excluding hydrogens is 314 g/mol. The summed E-state index contributed by atoms with van der Waals surface area (Å²) in [5.74, 6) is 0. The maximum atomic E-state index is 12.6. The Bertz CT molecular complexity index is 813. The van der Waals surface area contributed by atoms with Gasteiger partial charge in [-0.1, -0.05) is 30.3 Å². The number of nitrogens with zero attached hydrogens (tertiary/aromatic N) is 3. The first-order chi connectivity index (χ1) is 12.1. The zero-order chi connectivity index (χ0) is 17.8. The standard InChI is InChI=1S/C20H21N3O2/c1-22-12-6-11-19(22)25-20(24)23(2)18-10-4-3-9-17(18)16-8-5-7-15(13-16)14-21/h3-5,7-10,13,19H,6,11-12H2,1-2H3/t19-/m0/s1. The highest BCUT2D eigenvalue weighted by Gasteiger charge is 2.27. The molecule has 1 aliphatic heterocycles. The van der Waals surface area contributed by atoms with E-state index < -0.39 is 0 Å². The zero-order valence-electron chi connectivity index (χ0n) is 14.5. The molecule has 0 aromatic heterocycles. The molecule has 0 unspecified atom stereocenters. The van der Waals surface area contributed by atoms with Crippen molar-refractivity contribution in [1.29, 1.82) is 5.26 Å². The Morgan fingerprint density at radius 2 is 2.08 bits per heavy atom. The van der Waals surface area contributed by atoms with Crippen LogP contribution in [0.15, 0.2) is 48.5 Å². The molecule has 1 saturated heterocycles. The zero-order valence-corrected chi connectivity index (χ0v) is 14.5. The smallest absolute Gasteiger partial charge is 0.415 e. The molecule has 5 heteroatoms. The number of likely N-dealkylation sites (tertiary alicyclic amines) is 1. The summed E-state index contributed by atoms with van der Waals surface area (Å²) >= 11 is 0. The molecule has 0 radical (unpaired) electrons. The van der Waals surface area contributed by atoms with Gasteiger partial charge in [-0.2, -0.15) is 5.26 Å². The predicted octanol–water partition coefficient (Wildman–Crippen LogP) is 3.85. The quantitative estimate of drug-likeness (QED) is 0.855. The molecule has 1 fully saturated rings.